The number of carbonyl (C=O) groups excluding carboxylic acids is 3. The van der Waals surface area contributed by atoms with Crippen molar-refractivity contribution < 1.29 is 34.5 Å². The summed E-state index contributed by atoms with van der Waals surface area (Å²) in [6.45, 7) is 6.05. The molecule has 0 radical (unpaired) electrons. The number of aliphatic hydroxyl groups excluding tert-OH is 1. The fraction of sp³-hybridized carbons (Fsp3) is 0.545. The summed E-state index contributed by atoms with van der Waals surface area (Å²) in [5.74, 6) is -4.02. The minimum Gasteiger partial charge on any atom is -0.508 e. The number of aliphatic hydroxyl groups is 1. The van der Waals surface area contributed by atoms with Gasteiger partial charge in [0.15, 0.2) is 0 Å². The van der Waals surface area contributed by atoms with E-state index in [4.69, 9.17) is 5.73 Å². The van der Waals surface area contributed by atoms with Crippen LogP contribution >= 0.6 is 0 Å². The van der Waals surface area contributed by atoms with Gasteiger partial charge in [0, 0.05) is 6.42 Å². The van der Waals surface area contributed by atoms with Gasteiger partial charge in [-0.3, -0.25) is 14.4 Å². The zero-order valence-corrected chi connectivity index (χ0v) is 19.2. The van der Waals surface area contributed by atoms with E-state index in [1.165, 1.54) is 24.3 Å². The Morgan fingerprint density at radius 3 is 1.85 bits per heavy atom. The average molecular weight is 467 g/mol. The molecule has 8 N–H and O–H groups in total. The molecule has 0 heterocycles. The summed E-state index contributed by atoms with van der Waals surface area (Å²) >= 11 is 0. The second kappa shape index (κ2) is 12.8. The molecular formula is C22H34N4O7. The quantitative estimate of drug-likeness (QED) is 0.206. The second-order valence-corrected chi connectivity index (χ2v) is 8.51. The van der Waals surface area contributed by atoms with E-state index in [9.17, 15) is 34.5 Å². The maximum atomic E-state index is 12.8. The van der Waals surface area contributed by atoms with Gasteiger partial charge in [0.05, 0.1) is 12.6 Å². The van der Waals surface area contributed by atoms with Crippen molar-refractivity contribution in [3.63, 3.8) is 0 Å². The predicted molar refractivity (Wildman–Crippen MR) is 120 cm³/mol. The maximum Gasteiger partial charge on any atom is 0.326 e. The summed E-state index contributed by atoms with van der Waals surface area (Å²) in [6.07, 6.45) is -0.0392. The molecule has 184 valence electrons. The van der Waals surface area contributed by atoms with Crippen molar-refractivity contribution in [2.75, 3.05) is 6.61 Å². The lowest BCUT2D eigenvalue weighted by Crippen LogP contribution is -2.59. The van der Waals surface area contributed by atoms with Crippen molar-refractivity contribution in [3.05, 3.63) is 29.8 Å². The Bertz CT molecular complexity index is 827. The molecule has 33 heavy (non-hydrogen) atoms. The SMILES string of the molecule is CC(C)C(N)C(=O)NC(CO)C(=O)NC(C(=O)NC(Cc1ccc(O)cc1)C(=O)O)C(C)C. The number of aliphatic carboxylic acids is 1. The number of nitrogens with two attached hydrogens (primary N) is 1. The normalized spacial score (nSPS) is 14.8. The van der Waals surface area contributed by atoms with E-state index >= 15 is 0 Å². The lowest BCUT2D eigenvalue weighted by molar-refractivity contribution is -0.142. The summed E-state index contributed by atoms with van der Waals surface area (Å²) in [5.41, 5.74) is 6.34. The molecule has 0 saturated heterocycles. The number of carboxylic acid groups (broad SMARTS) is 1. The molecule has 11 nitrogen and oxygen atoms in total. The van der Waals surface area contributed by atoms with Crippen LogP contribution in [0.15, 0.2) is 24.3 Å². The fourth-order valence-electron chi connectivity index (χ4n) is 2.88. The first-order chi connectivity index (χ1) is 15.4. The van der Waals surface area contributed by atoms with Gasteiger partial charge >= 0.3 is 5.97 Å². The number of benzene rings is 1. The number of carboxylic acids is 1. The number of hydrogen-bond donors (Lipinski definition) is 7. The minimum atomic E-state index is -1.33. The van der Waals surface area contributed by atoms with Gasteiger partial charge in [-0.2, -0.15) is 0 Å². The minimum absolute atomic E-state index is 0.0251. The van der Waals surface area contributed by atoms with Crippen LogP contribution in [0.5, 0.6) is 5.75 Å². The second-order valence-electron chi connectivity index (χ2n) is 8.51. The van der Waals surface area contributed by atoms with Crippen LogP contribution in [0.4, 0.5) is 0 Å². The molecule has 0 aromatic heterocycles. The molecule has 0 saturated carbocycles. The summed E-state index contributed by atoms with van der Waals surface area (Å²) < 4.78 is 0. The van der Waals surface area contributed by atoms with Crippen molar-refractivity contribution in [1.29, 1.82) is 0 Å². The lowest BCUT2D eigenvalue weighted by Gasteiger charge is -2.26. The number of rotatable bonds is 12. The van der Waals surface area contributed by atoms with Crippen LogP contribution in [0.25, 0.3) is 0 Å². The first kappa shape index (κ1) is 27.9. The third kappa shape index (κ3) is 8.70. The molecule has 4 atom stereocenters. The standard InChI is InChI=1S/C22H34N4O7/c1-11(2)17(23)20(30)25-16(10-27)19(29)26-18(12(3)4)21(31)24-15(22(32)33)9-13-5-7-14(28)8-6-13/h5-8,11-12,15-18,27-28H,9-10,23H2,1-4H3,(H,24,31)(H,25,30)(H,26,29)(H,32,33). The van der Waals surface area contributed by atoms with Crippen molar-refractivity contribution in [2.45, 2.75) is 58.3 Å². The highest BCUT2D eigenvalue weighted by Gasteiger charge is 2.32. The Hall–Kier alpha value is -3.18. The van der Waals surface area contributed by atoms with E-state index in [0.717, 1.165) is 0 Å². The van der Waals surface area contributed by atoms with E-state index in [-0.39, 0.29) is 18.1 Å². The van der Waals surface area contributed by atoms with Gasteiger partial charge in [0.2, 0.25) is 17.7 Å². The molecule has 0 aliphatic rings. The molecule has 0 aliphatic heterocycles. The molecule has 0 aliphatic carbocycles. The number of hydrogen-bond acceptors (Lipinski definition) is 7. The Balaban J connectivity index is 2.88. The molecular weight excluding hydrogens is 432 g/mol. The number of nitrogens with one attached hydrogen (secondary N) is 3. The van der Waals surface area contributed by atoms with E-state index in [1.54, 1.807) is 27.7 Å². The van der Waals surface area contributed by atoms with Gasteiger partial charge in [-0.1, -0.05) is 39.8 Å². The highest BCUT2D eigenvalue weighted by Crippen LogP contribution is 2.12. The Labute approximate surface area is 192 Å². The topological polar surface area (TPSA) is 191 Å². The van der Waals surface area contributed by atoms with E-state index in [2.05, 4.69) is 16.0 Å². The van der Waals surface area contributed by atoms with E-state index in [0.29, 0.717) is 5.56 Å². The lowest BCUT2D eigenvalue weighted by atomic mass is 10.0. The Kier molecular flexibility index (Phi) is 10.8. The zero-order chi connectivity index (χ0) is 25.3. The number of phenolic OH excluding ortho intramolecular Hbond substituents is 1. The average Bonchev–Trinajstić information content (AvgIpc) is 2.75. The third-order valence-corrected chi connectivity index (χ3v) is 5.07. The molecule has 0 bridgehead atoms. The predicted octanol–water partition coefficient (Wildman–Crippen LogP) is -0.895. The number of carbonyl (C=O) groups is 4. The number of aromatic hydroxyl groups is 1. The molecule has 4 unspecified atom stereocenters. The molecule has 0 fully saturated rings. The Morgan fingerprint density at radius 2 is 1.39 bits per heavy atom. The van der Waals surface area contributed by atoms with Gasteiger partial charge < -0.3 is 37.0 Å². The highest BCUT2D eigenvalue weighted by molar-refractivity contribution is 5.94. The maximum absolute atomic E-state index is 12.8. The van der Waals surface area contributed by atoms with Gasteiger partial charge in [-0.25, -0.2) is 4.79 Å². The van der Waals surface area contributed by atoms with Crippen LogP contribution in [-0.4, -0.2) is 69.8 Å². The van der Waals surface area contributed by atoms with Crippen molar-refractivity contribution in [1.82, 2.24) is 16.0 Å². The fourth-order valence-corrected chi connectivity index (χ4v) is 2.88. The molecule has 3 amide bonds. The van der Waals surface area contributed by atoms with Crippen LogP contribution < -0.4 is 21.7 Å². The first-order valence-corrected chi connectivity index (χ1v) is 10.7. The van der Waals surface area contributed by atoms with Gasteiger partial charge in [-0.05, 0) is 29.5 Å². The molecule has 1 aromatic rings. The number of phenols is 1. The van der Waals surface area contributed by atoms with Crippen LogP contribution in [0, 0.1) is 11.8 Å². The monoisotopic (exact) mass is 466 g/mol. The van der Waals surface area contributed by atoms with Crippen LogP contribution in [-0.2, 0) is 25.6 Å². The van der Waals surface area contributed by atoms with E-state index in [1.807, 2.05) is 0 Å². The molecule has 11 heteroatoms. The summed E-state index contributed by atoms with van der Waals surface area (Å²) in [7, 11) is 0. The largest absolute Gasteiger partial charge is 0.508 e. The summed E-state index contributed by atoms with van der Waals surface area (Å²) in [5, 5.41) is 35.7. The number of amides is 3. The zero-order valence-electron chi connectivity index (χ0n) is 19.2. The van der Waals surface area contributed by atoms with Gasteiger partial charge in [0.1, 0.15) is 23.9 Å². The Morgan fingerprint density at radius 1 is 0.848 bits per heavy atom. The third-order valence-electron chi connectivity index (χ3n) is 5.07. The highest BCUT2D eigenvalue weighted by atomic mass is 16.4. The van der Waals surface area contributed by atoms with Crippen molar-refractivity contribution >= 4 is 23.7 Å². The van der Waals surface area contributed by atoms with Crippen LogP contribution in [0.3, 0.4) is 0 Å². The first-order valence-electron chi connectivity index (χ1n) is 10.7. The molecule has 1 rings (SSSR count). The van der Waals surface area contributed by atoms with Crippen LogP contribution in [0.2, 0.25) is 0 Å². The molecule has 0 spiro atoms. The van der Waals surface area contributed by atoms with Gasteiger partial charge in [-0.15, -0.1) is 0 Å². The molecule has 1 aromatic carbocycles. The van der Waals surface area contributed by atoms with E-state index < -0.39 is 60.4 Å². The smallest absolute Gasteiger partial charge is 0.326 e. The van der Waals surface area contributed by atoms with Crippen molar-refractivity contribution in [3.8, 4) is 5.75 Å². The summed E-state index contributed by atoms with van der Waals surface area (Å²) in [4.78, 5) is 49.2. The summed E-state index contributed by atoms with van der Waals surface area (Å²) in [6, 6.07) is 1.27. The van der Waals surface area contributed by atoms with Gasteiger partial charge in [0.25, 0.3) is 0 Å². The van der Waals surface area contributed by atoms with Crippen molar-refractivity contribution in [2.24, 2.45) is 17.6 Å². The van der Waals surface area contributed by atoms with Crippen LogP contribution in [0.1, 0.15) is 33.3 Å².